The van der Waals surface area contributed by atoms with Gasteiger partial charge in [0, 0.05) is 24.5 Å². The number of allylic oxidation sites excluding steroid dienone is 3. The Balaban J connectivity index is 1.79. The van der Waals surface area contributed by atoms with Crippen LogP contribution in [-0.2, 0) is 0 Å². The van der Waals surface area contributed by atoms with E-state index in [9.17, 15) is 15.3 Å². The molecule has 1 aromatic rings. The first-order valence-corrected chi connectivity index (χ1v) is 8.28. The summed E-state index contributed by atoms with van der Waals surface area (Å²) in [5.41, 5.74) is 1.89. The van der Waals surface area contributed by atoms with E-state index in [4.69, 9.17) is 4.74 Å². The van der Waals surface area contributed by atoms with Gasteiger partial charge in [-0.3, -0.25) is 0 Å². The van der Waals surface area contributed by atoms with E-state index in [1.807, 2.05) is 38.2 Å². The number of aliphatic hydroxyl groups excluding tert-OH is 1. The number of aromatic hydroxyl groups is 1. The third-order valence-electron chi connectivity index (χ3n) is 4.57. The lowest BCUT2D eigenvalue weighted by molar-refractivity contribution is 0.0595. The highest BCUT2D eigenvalue weighted by Gasteiger charge is 2.34. The smallest absolute Gasteiger partial charge is 0.129 e. The lowest BCUT2D eigenvalue weighted by atomic mass is 9.82. The lowest BCUT2D eigenvalue weighted by Gasteiger charge is -2.35. The SMILES string of the molecule is CC(C)=CCC1(O)C=CC=C(C2CC(O)c3ccc(O)cc3O2)C1. The van der Waals surface area contributed by atoms with Crippen LogP contribution in [0.1, 0.15) is 44.8 Å². The van der Waals surface area contributed by atoms with Gasteiger partial charge in [0.05, 0.1) is 11.7 Å². The third-order valence-corrected chi connectivity index (χ3v) is 4.57. The van der Waals surface area contributed by atoms with Crippen molar-refractivity contribution in [2.75, 3.05) is 0 Å². The fourth-order valence-corrected chi connectivity index (χ4v) is 3.22. The van der Waals surface area contributed by atoms with Crippen LogP contribution >= 0.6 is 0 Å². The molecule has 3 rings (SSSR count). The molecule has 3 atom stereocenters. The summed E-state index contributed by atoms with van der Waals surface area (Å²) in [7, 11) is 0. The molecule has 0 bridgehead atoms. The minimum atomic E-state index is -0.922. The summed E-state index contributed by atoms with van der Waals surface area (Å²) < 4.78 is 5.99. The Morgan fingerprint density at radius 3 is 2.92 bits per heavy atom. The van der Waals surface area contributed by atoms with Gasteiger partial charge in [0.15, 0.2) is 0 Å². The van der Waals surface area contributed by atoms with Crippen LogP contribution < -0.4 is 4.74 Å². The number of phenolic OH excluding ortho intramolecular Hbond substituents is 1. The molecule has 0 aromatic heterocycles. The molecule has 0 saturated carbocycles. The molecule has 3 unspecified atom stereocenters. The van der Waals surface area contributed by atoms with Crippen LogP contribution in [0.4, 0.5) is 0 Å². The summed E-state index contributed by atoms with van der Waals surface area (Å²) in [6.07, 6.45) is 8.15. The molecule has 1 heterocycles. The standard InChI is InChI=1S/C20H24O4/c1-13(2)7-9-20(23)8-3-4-14(12-20)18-11-17(22)16-6-5-15(21)10-19(16)24-18/h3-8,10,17-18,21-23H,9,11-12H2,1-2H3. The van der Waals surface area contributed by atoms with Gasteiger partial charge in [-0.2, -0.15) is 0 Å². The monoisotopic (exact) mass is 328 g/mol. The number of rotatable bonds is 3. The molecule has 1 aliphatic carbocycles. The van der Waals surface area contributed by atoms with Crippen LogP contribution in [0.15, 0.2) is 53.6 Å². The average Bonchev–Trinajstić information content (AvgIpc) is 2.52. The second-order valence-electron chi connectivity index (χ2n) is 6.95. The normalized spacial score (nSPS) is 28.6. The van der Waals surface area contributed by atoms with Gasteiger partial charge in [-0.1, -0.05) is 29.9 Å². The minimum Gasteiger partial charge on any atom is -0.508 e. The first kappa shape index (κ1) is 16.8. The summed E-state index contributed by atoms with van der Waals surface area (Å²) in [4.78, 5) is 0. The van der Waals surface area contributed by atoms with Gasteiger partial charge in [-0.25, -0.2) is 0 Å². The van der Waals surface area contributed by atoms with Crippen LogP contribution in [0, 0.1) is 0 Å². The van der Waals surface area contributed by atoms with Crippen molar-refractivity contribution in [1.82, 2.24) is 0 Å². The van der Waals surface area contributed by atoms with Crippen LogP contribution in [0.5, 0.6) is 11.5 Å². The molecule has 0 fully saturated rings. The van der Waals surface area contributed by atoms with Crippen LogP contribution in [0.25, 0.3) is 0 Å². The maximum absolute atomic E-state index is 10.8. The fourth-order valence-electron chi connectivity index (χ4n) is 3.22. The lowest BCUT2D eigenvalue weighted by Crippen LogP contribution is -2.34. The molecule has 1 aliphatic heterocycles. The van der Waals surface area contributed by atoms with Gasteiger partial charge < -0.3 is 20.1 Å². The Hall–Kier alpha value is -2.04. The molecule has 4 heteroatoms. The third kappa shape index (κ3) is 3.55. The van der Waals surface area contributed by atoms with Gasteiger partial charge in [0.25, 0.3) is 0 Å². The first-order valence-electron chi connectivity index (χ1n) is 8.28. The number of benzene rings is 1. The van der Waals surface area contributed by atoms with Crippen LogP contribution in [0.2, 0.25) is 0 Å². The van der Waals surface area contributed by atoms with Crippen LogP contribution in [0.3, 0.4) is 0 Å². The van der Waals surface area contributed by atoms with E-state index < -0.39 is 11.7 Å². The predicted octanol–water partition coefficient (Wildman–Crippen LogP) is 3.55. The Morgan fingerprint density at radius 1 is 1.38 bits per heavy atom. The van der Waals surface area contributed by atoms with E-state index in [0.29, 0.717) is 30.6 Å². The molecule has 4 nitrogen and oxygen atoms in total. The van der Waals surface area contributed by atoms with Crippen molar-refractivity contribution in [3.05, 3.63) is 59.2 Å². The second-order valence-corrected chi connectivity index (χ2v) is 6.95. The van der Waals surface area contributed by atoms with E-state index in [1.54, 1.807) is 12.1 Å². The van der Waals surface area contributed by atoms with E-state index in [0.717, 1.165) is 5.57 Å². The Labute approximate surface area is 142 Å². The first-order chi connectivity index (χ1) is 11.4. The molecule has 0 amide bonds. The zero-order valence-electron chi connectivity index (χ0n) is 14.1. The second kappa shape index (κ2) is 6.46. The van der Waals surface area contributed by atoms with Gasteiger partial charge in [-0.15, -0.1) is 0 Å². The number of aliphatic hydroxyl groups is 2. The number of hydrogen-bond acceptors (Lipinski definition) is 4. The van der Waals surface area contributed by atoms with Crippen molar-refractivity contribution in [3.8, 4) is 11.5 Å². The number of fused-ring (bicyclic) bond motifs is 1. The molecular formula is C20H24O4. The number of phenols is 1. The molecule has 0 radical (unpaired) electrons. The van der Waals surface area contributed by atoms with E-state index >= 15 is 0 Å². The maximum atomic E-state index is 10.8. The van der Waals surface area contributed by atoms with Gasteiger partial charge in [0.1, 0.15) is 17.6 Å². The van der Waals surface area contributed by atoms with Gasteiger partial charge in [0.2, 0.25) is 0 Å². The molecular weight excluding hydrogens is 304 g/mol. The summed E-state index contributed by atoms with van der Waals surface area (Å²) in [5.74, 6) is 0.612. The highest BCUT2D eigenvalue weighted by molar-refractivity contribution is 5.44. The summed E-state index contributed by atoms with van der Waals surface area (Å²) in [6, 6.07) is 4.76. The van der Waals surface area contributed by atoms with Crippen molar-refractivity contribution in [2.24, 2.45) is 0 Å². The Morgan fingerprint density at radius 2 is 2.17 bits per heavy atom. The van der Waals surface area contributed by atoms with Crippen molar-refractivity contribution in [3.63, 3.8) is 0 Å². The Kier molecular flexibility index (Phi) is 4.52. The van der Waals surface area contributed by atoms with Crippen molar-refractivity contribution >= 4 is 0 Å². The molecule has 0 saturated heterocycles. The summed E-state index contributed by atoms with van der Waals surface area (Å²) in [6.45, 7) is 4.02. The highest BCUT2D eigenvalue weighted by Crippen LogP contribution is 2.41. The van der Waals surface area contributed by atoms with Crippen molar-refractivity contribution in [2.45, 2.75) is 50.9 Å². The molecule has 1 aromatic carbocycles. The molecule has 2 aliphatic rings. The summed E-state index contributed by atoms with van der Waals surface area (Å²) in [5, 5.41) is 30.8. The fraction of sp³-hybridized carbons (Fsp3) is 0.400. The zero-order valence-corrected chi connectivity index (χ0v) is 14.1. The van der Waals surface area contributed by atoms with Crippen molar-refractivity contribution in [1.29, 1.82) is 0 Å². The van der Waals surface area contributed by atoms with Crippen LogP contribution in [-0.4, -0.2) is 27.0 Å². The largest absolute Gasteiger partial charge is 0.508 e. The van der Waals surface area contributed by atoms with E-state index in [-0.39, 0.29) is 11.9 Å². The highest BCUT2D eigenvalue weighted by atomic mass is 16.5. The summed E-state index contributed by atoms with van der Waals surface area (Å²) >= 11 is 0. The molecule has 0 spiro atoms. The van der Waals surface area contributed by atoms with E-state index in [2.05, 4.69) is 0 Å². The zero-order chi connectivity index (χ0) is 17.3. The van der Waals surface area contributed by atoms with Gasteiger partial charge >= 0.3 is 0 Å². The predicted molar refractivity (Wildman–Crippen MR) is 92.9 cm³/mol. The van der Waals surface area contributed by atoms with Gasteiger partial charge in [-0.05, 0) is 38.0 Å². The minimum absolute atomic E-state index is 0.110. The van der Waals surface area contributed by atoms with E-state index in [1.165, 1.54) is 11.6 Å². The average molecular weight is 328 g/mol. The topological polar surface area (TPSA) is 69.9 Å². The van der Waals surface area contributed by atoms with Crippen molar-refractivity contribution < 1.29 is 20.1 Å². The molecule has 3 N–H and O–H groups in total. The maximum Gasteiger partial charge on any atom is 0.129 e. The number of ether oxygens (including phenoxy) is 1. The molecule has 128 valence electrons. The number of hydrogen-bond donors (Lipinski definition) is 3. The Bertz CT molecular complexity index is 712. The molecule has 24 heavy (non-hydrogen) atoms. The quantitative estimate of drug-likeness (QED) is 0.742.